The Kier molecular flexibility index (Phi) is 11.2. The van der Waals surface area contributed by atoms with E-state index < -0.39 is 0 Å². The number of carbonyl (C=O) groups excluding carboxylic acids is 1. The maximum absolute atomic E-state index is 12.0. The lowest BCUT2D eigenvalue weighted by Gasteiger charge is -2.06. The van der Waals surface area contributed by atoms with E-state index in [1.54, 1.807) is 24.3 Å². The molecule has 0 radical (unpaired) electrons. The van der Waals surface area contributed by atoms with Crippen LogP contribution in [0.15, 0.2) is 29.4 Å². The second-order valence-electron chi connectivity index (χ2n) is 6.17. The average Bonchev–Trinajstić information content (AvgIpc) is 2.60. The van der Waals surface area contributed by atoms with Gasteiger partial charge >= 0.3 is 0 Å². The molecule has 5 heteroatoms. The molecule has 0 atom stereocenters. The first-order valence-corrected chi connectivity index (χ1v) is 9.21. The molecular formula is C19H30N4O. The number of hydrogen-bond donors (Lipinski definition) is 1. The minimum atomic E-state index is -0.0709. The highest BCUT2D eigenvalue weighted by Crippen LogP contribution is 2.13. The molecule has 1 amide bonds. The average molecular weight is 330 g/mol. The number of carbonyl (C=O) groups is 1. The normalized spacial score (nSPS) is 10.2. The van der Waals surface area contributed by atoms with Gasteiger partial charge < -0.3 is 5.32 Å². The fourth-order valence-electron chi connectivity index (χ4n) is 2.65. The maximum Gasteiger partial charge on any atom is 0.251 e. The molecule has 5 nitrogen and oxygen atoms in total. The summed E-state index contributed by atoms with van der Waals surface area (Å²) in [5.74, 6) is -0.0709. The first-order chi connectivity index (χ1) is 11.8. The maximum atomic E-state index is 12.0. The molecule has 0 aliphatic carbocycles. The number of rotatable bonds is 13. The summed E-state index contributed by atoms with van der Waals surface area (Å²) in [6, 6.07) is 6.65. The molecule has 0 heterocycles. The Morgan fingerprint density at radius 3 is 2.04 bits per heavy atom. The highest BCUT2D eigenvalue weighted by molar-refractivity contribution is 5.94. The van der Waals surface area contributed by atoms with E-state index in [2.05, 4.69) is 22.3 Å². The van der Waals surface area contributed by atoms with E-state index in [1.165, 1.54) is 57.8 Å². The van der Waals surface area contributed by atoms with Gasteiger partial charge in [0.15, 0.2) is 0 Å². The molecule has 1 rings (SSSR count). The van der Waals surface area contributed by atoms with Crippen molar-refractivity contribution in [2.24, 2.45) is 5.11 Å². The first kappa shape index (κ1) is 20.0. The van der Waals surface area contributed by atoms with Crippen molar-refractivity contribution < 1.29 is 4.79 Å². The number of nitrogens with zero attached hydrogens (tertiary/aromatic N) is 3. The Bertz CT molecular complexity index is 507. The SMILES string of the molecule is CCCCCCCCCCCCNC(=O)c1ccc(N=[N+]=[N-])cc1. The van der Waals surface area contributed by atoms with E-state index in [0.29, 0.717) is 17.8 Å². The summed E-state index contributed by atoms with van der Waals surface area (Å²) in [6.45, 7) is 2.96. The first-order valence-electron chi connectivity index (χ1n) is 9.21. The van der Waals surface area contributed by atoms with Gasteiger partial charge in [-0.1, -0.05) is 82.0 Å². The van der Waals surface area contributed by atoms with Crippen LogP contribution in [0.4, 0.5) is 5.69 Å². The van der Waals surface area contributed by atoms with Crippen molar-refractivity contribution >= 4 is 11.6 Å². The molecule has 132 valence electrons. The van der Waals surface area contributed by atoms with Crippen LogP contribution in [-0.4, -0.2) is 12.5 Å². The molecular weight excluding hydrogens is 300 g/mol. The minimum Gasteiger partial charge on any atom is -0.352 e. The lowest BCUT2D eigenvalue weighted by atomic mass is 10.1. The predicted molar refractivity (Wildman–Crippen MR) is 99.4 cm³/mol. The van der Waals surface area contributed by atoms with Crippen LogP contribution in [0.25, 0.3) is 10.4 Å². The second kappa shape index (κ2) is 13.4. The fraction of sp³-hybridized carbons (Fsp3) is 0.632. The Labute approximate surface area is 145 Å². The van der Waals surface area contributed by atoms with Crippen LogP contribution in [0.5, 0.6) is 0 Å². The Balaban J connectivity index is 2.02. The molecule has 0 saturated heterocycles. The van der Waals surface area contributed by atoms with Crippen LogP contribution in [-0.2, 0) is 0 Å². The van der Waals surface area contributed by atoms with Crippen molar-refractivity contribution in [1.82, 2.24) is 5.32 Å². The molecule has 0 spiro atoms. The zero-order chi connectivity index (χ0) is 17.5. The monoisotopic (exact) mass is 330 g/mol. The van der Waals surface area contributed by atoms with Gasteiger partial charge in [0.25, 0.3) is 5.91 Å². The number of benzene rings is 1. The van der Waals surface area contributed by atoms with Crippen molar-refractivity contribution in [1.29, 1.82) is 0 Å². The molecule has 1 aromatic rings. The van der Waals surface area contributed by atoms with Gasteiger partial charge in [0.2, 0.25) is 0 Å². The largest absolute Gasteiger partial charge is 0.352 e. The van der Waals surface area contributed by atoms with Crippen LogP contribution < -0.4 is 5.32 Å². The van der Waals surface area contributed by atoms with E-state index in [1.807, 2.05) is 0 Å². The van der Waals surface area contributed by atoms with Gasteiger partial charge in [-0.05, 0) is 24.1 Å². The molecule has 0 aliphatic rings. The standard InChI is InChI=1S/C19H30N4O/c1-2-3-4-5-6-7-8-9-10-11-16-21-19(24)17-12-14-18(15-13-17)22-23-20/h12-15H,2-11,16H2,1H3,(H,21,24). The summed E-state index contributed by atoms with van der Waals surface area (Å²) in [7, 11) is 0. The summed E-state index contributed by atoms with van der Waals surface area (Å²) in [6.07, 6.45) is 12.9. The Hall–Kier alpha value is -2.00. The van der Waals surface area contributed by atoms with Crippen LogP contribution >= 0.6 is 0 Å². The molecule has 0 fully saturated rings. The number of azide groups is 1. The lowest BCUT2D eigenvalue weighted by molar-refractivity contribution is 0.0953. The molecule has 0 saturated carbocycles. The van der Waals surface area contributed by atoms with Gasteiger partial charge in [-0.2, -0.15) is 0 Å². The van der Waals surface area contributed by atoms with Gasteiger partial charge in [0, 0.05) is 22.7 Å². The predicted octanol–water partition coefficient (Wildman–Crippen LogP) is 6.28. The number of hydrogen-bond acceptors (Lipinski definition) is 2. The molecule has 0 aliphatic heterocycles. The molecule has 0 unspecified atom stereocenters. The highest BCUT2D eigenvalue weighted by atomic mass is 16.1. The van der Waals surface area contributed by atoms with E-state index in [9.17, 15) is 4.79 Å². The van der Waals surface area contributed by atoms with Gasteiger partial charge in [0.1, 0.15) is 0 Å². The van der Waals surface area contributed by atoms with Gasteiger partial charge in [-0.25, -0.2) is 0 Å². The van der Waals surface area contributed by atoms with Crippen molar-refractivity contribution in [3.8, 4) is 0 Å². The van der Waals surface area contributed by atoms with Crippen molar-refractivity contribution in [2.75, 3.05) is 6.54 Å². The number of unbranched alkanes of at least 4 members (excludes halogenated alkanes) is 9. The van der Waals surface area contributed by atoms with Gasteiger partial charge in [-0.15, -0.1) is 0 Å². The third-order valence-corrected chi connectivity index (χ3v) is 4.11. The smallest absolute Gasteiger partial charge is 0.251 e. The summed E-state index contributed by atoms with van der Waals surface area (Å²) in [5, 5.41) is 6.42. The van der Waals surface area contributed by atoms with Crippen LogP contribution in [0.1, 0.15) is 81.5 Å². The number of nitrogens with one attached hydrogen (secondary N) is 1. The third-order valence-electron chi connectivity index (χ3n) is 4.11. The Morgan fingerprint density at radius 2 is 1.50 bits per heavy atom. The van der Waals surface area contributed by atoms with Crippen LogP contribution in [0.2, 0.25) is 0 Å². The zero-order valence-electron chi connectivity index (χ0n) is 14.8. The summed E-state index contributed by atoms with van der Waals surface area (Å²) < 4.78 is 0. The third kappa shape index (κ3) is 9.21. The lowest BCUT2D eigenvalue weighted by Crippen LogP contribution is -2.24. The minimum absolute atomic E-state index is 0.0709. The van der Waals surface area contributed by atoms with Crippen molar-refractivity contribution in [3.63, 3.8) is 0 Å². The van der Waals surface area contributed by atoms with Crippen LogP contribution in [0, 0.1) is 0 Å². The van der Waals surface area contributed by atoms with Crippen LogP contribution in [0.3, 0.4) is 0 Å². The Morgan fingerprint density at radius 1 is 0.958 bits per heavy atom. The zero-order valence-corrected chi connectivity index (χ0v) is 14.8. The van der Waals surface area contributed by atoms with Gasteiger partial charge in [-0.3, -0.25) is 4.79 Å². The van der Waals surface area contributed by atoms with E-state index in [-0.39, 0.29) is 5.91 Å². The number of amides is 1. The van der Waals surface area contributed by atoms with E-state index in [0.717, 1.165) is 6.42 Å². The van der Waals surface area contributed by atoms with Crippen molar-refractivity contribution in [2.45, 2.75) is 71.1 Å². The summed E-state index contributed by atoms with van der Waals surface area (Å²) in [5.41, 5.74) is 9.46. The fourth-order valence-corrected chi connectivity index (χ4v) is 2.65. The quantitative estimate of drug-likeness (QED) is 0.196. The topological polar surface area (TPSA) is 77.9 Å². The van der Waals surface area contributed by atoms with E-state index in [4.69, 9.17) is 5.53 Å². The molecule has 0 aromatic heterocycles. The molecule has 1 N–H and O–H groups in total. The van der Waals surface area contributed by atoms with Gasteiger partial charge in [0.05, 0.1) is 0 Å². The van der Waals surface area contributed by atoms with Crippen molar-refractivity contribution in [3.05, 3.63) is 40.3 Å². The highest BCUT2D eigenvalue weighted by Gasteiger charge is 2.04. The summed E-state index contributed by atoms with van der Waals surface area (Å²) >= 11 is 0. The second-order valence-corrected chi connectivity index (χ2v) is 6.17. The molecule has 0 bridgehead atoms. The molecule has 1 aromatic carbocycles. The van der Waals surface area contributed by atoms with E-state index >= 15 is 0 Å². The molecule has 24 heavy (non-hydrogen) atoms. The summed E-state index contributed by atoms with van der Waals surface area (Å²) in [4.78, 5) is 14.7.